The highest BCUT2D eigenvalue weighted by Crippen LogP contribution is 2.34. The number of pyridine rings is 1. The van der Waals surface area contributed by atoms with Crippen molar-refractivity contribution in [3.63, 3.8) is 0 Å². The van der Waals surface area contributed by atoms with E-state index in [0.717, 1.165) is 0 Å². The van der Waals surface area contributed by atoms with Gasteiger partial charge in [0.1, 0.15) is 5.75 Å². The van der Waals surface area contributed by atoms with Gasteiger partial charge in [-0.15, -0.1) is 0 Å². The Labute approximate surface area is 119 Å². The van der Waals surface area contributed by atoms with E-state index < -0.39 is 12.6 Å². The van der Waals surface area contributed by atoms with Crippen LogP contribution in [0.2, 0.25) is 5.02 Å². The fourth-order valence-corrected chi connectivity index (χ4v) is 2.42. The lowest BCUT2D eigenvalue weighted by Gasteiger charge is -2.13. The van der Waals surface area contributed by atoms with Crippen molar-refractivity contribution in [2.75, 3.05) is 0 Å². The van der Waals surface area contributed by atoms with Crippen molar-refractivity contribution in [2.24, 2.45) is 0 Å². The lowest BCUT2D eigenvalue weighted by atomic mass is 10.0. The Morgan fingerprint density at radius 3 is 2.65 bits per heavy atom. The maximum atomic E-state index is 12.2. The smallest absolute Gasteiger partial charge is 0.389 e. The predicted molar refractivity (Wildman–Crippen MR) is 72.1 cm³/mol. The van der Waals surface area contributed by atoms with Crippen LogP contribution in [0.15, 0.2) is 18.2 Å². The molecule has 0 saturated carbocycles. The predicted octanol–water partition coefficient (Wildman–Crippen LogP) is 4.79. The lowest BCUT2D eigenvalue weighted by Crippen LogP contribution is -2.07. The third-order valence-electron chi connectivity index (χ3n) is 3.08. The van der Waals surface area contributed by atoms with Crippen molar-refractivity contribution in [3.05, 3.63) is 34.5 Å². The first-order chi connectivity index (χ1) is 9.29. The third-order valence-corrected chi connectivity index (χ3v) is 3.58. The van der Waals surface area contributed by atoms with E-state index in [0.29, 0.717) is 27.2 Å². The average Bonchev–Trinajstić information content (AvgIpc) is 2.33. The van der Waals surface area contributed by atoms with Crippen molar-refractivity contribution in [3.8, 4) is 5.75 Å². The molecule has 0 spiro atoms. The van der Waals surface area contributed by atoms with Crippen LogP contribution in [0.25, 0.3) is 10.9 Å². The van der Waals surface area contributed by atoms with Gasteiger partial charge in [-0.3, -0.25) is 4.98 Å². The van der Waals surface area contributed by atoms with E-state index in [9.17, 15) is 18.3 Å². The van der Waals surface area contributed by atoms with Gasteiger partial charge in [0.25, 0.3) is 0 Å². The fourth-order valence-electron chi connectivity index (χ4n) is 2.19. The molecule has 0 amide bonds. The molecule has 20 heavy (non-hydrogen) atoms. The van der Waals surface area contributed by atoms with Crippen LogP contribution in [0.3, 0.4) is 0 Å². The molecule has 0 saturated heterocycles. The monoisotopic (exact) mass is 303 g/mol. The maximum Gasteiger partial charge on any atom is 0.389 e. The molecule has 2 rings (SSSR count). The van der Waals surface area contributed by atoms with E-state index >= 15 is 0 Å². The van der Waals surface area contributed by atoms with Crippen molar-refractivity contribution in [1.29, 1.82) is 0 Å². The summed E-state index contributed by atoms with van der Waals surface area (Å²) in [6.45, 7) is 1.69. The van der Waals surface area contributed by atoms with E-state index in [1.54, 1.807) is 19.1 Å². The van der Waals surface area contributed by atoms with E-state index in [4.69, 9.17) is 11.6 Å². The van der Waals surface area contributed by atoms with Gasteiger partial charge in [-0.25, -0.2) is 0 Å². The normalized spacial score (nSPS) is 12.1. The summed E-state index contributed by atoms with van der Waals surface area (Å²) in [4.78, 5) is 4.24. The molecule has 0 aliphatic carbocycles. The molecule has 2 nitrogen and oxygen atoms in total. The summed E-state index contributed by atoms with van der Waals surface area (Å²) in [5.41, 5.74) is 1.61. The van der Waals surface area contributed by atoms with Gasteiger partial charge in [0.05, 0.1) is 16.2 Å². The summed E-state index contributed by atoms with van der Waals surface area (Å²) in [5.74, 6) is -0.0149. The van der Waals surface area contributed by atoms with Crippen LogP contribution in [0, 0.1) is 6.92 Å². The Kier molecular flexibility index (Phi) is 4.09. The minimum atomic E-state index is -4.19. The molecule has 0 unspecified atom stereocenters. The summed E-state index contributed by atoms with van der Waals surface area (Å²) in [5, 5.41) is 10.7. The zero-order valence-electron chi connectivity index (χ0n) is 10.8. The second-order valence-electron chi connectivity index (χ2n) is 4.63. The van der Waals surface area contributed by atoms with Crippen LogP contribution in [0.1, 0.15) is 24.1 Å². The summed E-state index contributed by atoms with van der Waals surface area (Å²) in [6, 6.07) is 4.81. The number of aromatic nitrogens is 1. The average molecular weight is 304 g/mol. The molecule has 6 heteroatoms. The molecular weight excluding hydrogens is 291 g/mol. The fraction of sp³-hybridized carbons (Fsp3) is 0.357. The number of rotatable bonds is 3. The molecule has 1 aromatic carbocycles. The zero-order chi connectivity index (χ0) is 14.9. The molecule has 0 aliphatic heterocycles. The van der Waals surface area contributed by atoms with Crippen LogP contribution in [-0.2, 0) is 6.42 Å². The molecule has 0 bridgehead atoms. The minimum absolute atomic E-state index is 0.0149. The van der Waals surface area contributed by atoms with Gasteiger partial charge >= 0.3 is 6.18 Å². The number of aryl methyl sites for hydroxylation is 2. The van der Waals surface area contributed by atoms with Crippen molar-refractivity contribution in [2.45, 2.75) is 32.4 Å². The minimum Gasteiger partial charge on any atom is -0.507 e. The number of alkyl halides is 3. The van der Waals surface area contributed by atoms with Crippen molar-refractivity contribution >= 4 is 22.5 Å². The van der Waals surface area contributed by atoms with E-state index in [2.05, 4.69) is 4.98 Å². The number of benzene rings is 1. The molecule has 0 atom stereocenters. The molecular formula is C14H13ClF3NO. The van der Waals surface area contributed by atoms with Crippen LogP contribution in [0.4, 0.5) is 13.2 Å². The molecule has 1 aromatic heterocycles. The number of aromatic hydroxyl groups is 1. The number of halogens is 4. The summed E-state index contributed by atoms with van der Waals surface area (Å²) in [7, 11) is 0. The number of phenols is 1. The maximum absolute atomic E-state index is 12.2. The highest BCUT2D eigenvalue weighted by Gasteiger charge is 2.26. The van der Waals surface area contributed by atoms with Gasteiger partial charge in [-0.1, -0.05) is 17.7 Å². The van der Waals surface area contributed by atoms with E-state index in [-0.39, 0.29) is 18.6 Å². The van der Waals surface area contributed by atoms with Gasteiger partial charge < -0.3 is 5.11 Å². The van der Waals surface area contributed by atoms with Gasteiger partial charge in [-0.2, -0.15) is 13.2 Å². The molecule has 2 aromatic rings. The molecule has 0 aliphatic rings. The Hall–Kier alpha value is -1.49. The first kappa shape index (κ1) is 14.9. The Morgan fingerprint density at radius 1 is 1.30 bits per heavy atom. The first-order valence-electron chi connectivity index (χ1n) is 6.13. The third kappa shape index (κ3) is 3.15. The van der Waals surface area contributed by atoms with Gasteiger partial charge in [-0.05, 0) is 37.5 Å². The quantitative estimate of drug-likeness (QED) is 0.884. The number of nitrogens with zero attached hydrogens (tertiary/aromatic N) is 1. The number of phenolic OH excluding ortho intramolecular Hbond substituents is 1. The molecule has 0 radical (unpaired) electrons. The van der Waals surface area contributed by atoms with Crippen LogP contribution in [-0.4, -0.2) is 16.3 Å². The summed E-state index contributed by atoms with van der Waals surface area (Å²) >= 11 is 6.14. The van der Waals surface area contributed by atoms with Crippen LogP contribution in [0.5, 0.6) is 5.75 Å². The molecule has 1 N–H and O–H groups in total. The van der Waals surface area contributed by atoms with E-state index in [1.807, 2.05) is 0 Å². The number of hydrogen-bond acceptors (Lipinski definition) is 2. The van der Waals surface area contributed by atoms with Gasteiger partial charge in [0.2, 0.25) is 0 Å². The first-order valence-corrected chi connectivity index (χ1v) is 6.51. The molecule has 0 fully saturated rings. The Bertz CT molecular complexity index is 640. The van der Waals surface area contributed by atoms with E-state index in [1.165, 1.54) is 6.07 Å². The van der Waals surface area contributed by atoms with Crippen LogP contribution >= 0.6 is 11.6 Å². The number of hydrogen-bond donors (Lipinski definition) is 1. The Balaban J connectivity index is 2.42. The second kappa shape index (κ2) is 5.48. The second-order valence-corrected chi connectivity index (χ2v) is 5.01. The standard InChI is InChI=1S/C14H13ClF3NO/c1-8-13(15)9(4-3-7-14(16,17)18)12-10(19-8)5-2-6-11(12)20/h2,5-6,20H,3-4,7H2,1H3. The van der Waals surface area contributed by atoms with Gasteiger partial charge in [0, 0.05) is 11.8 Å². The number of fused-ring (bicyclic) bond motifs is 1. The molecule has 108 valence electrons. The zero-order valence-corrected chi connectivity index (χ0v) is 11.5. The summed E-state index contributed by atoms with van der Waals surface area (Å²) < 4.78 is 36.7. The highest BCUT2D eigenvalue weighted by atomic mass is 35.5. The Morgan fingerprint density at radius 2 is 2.00 bits per heavy atom. The SMILES string of the molecule is Cc1nc2cccc(O)c2c(CCCC(F)(F)F)c1Cl. The highest BCUT2D eigenvalue weighted by molar-refractivity contribution is 6.33. The largest absolute Gasteiger partial charge is 0.507 e. The van der Waals surface area contributed by atoms with Crippen molar-refractivity contribution < 1.29 is 18.3 Å². The lowest BCUT2D eigenvalue weighted by molar-refractivity contribution is -0.135. The topological polar surface area (TPSA) is 33.1 Å². The molecule has 1 heterocycles. The van der Waals surface area contributed by atoms with Gasteiger partial charge in [0.15, 0.2) is 0 Å². The van der Waals surface area contributed by atoms with Crippen LogP contribution < -0.4 is 0 Å². The van der Waals surface area contributed by atoms with Crippen molar-refractivity contribution in [1.82, 2.24) is 4.98 Å². The summed E-state index contributed by atoms with van der Waals surface area (Å²) in [6.07, 6.45) is -4.99.